The number of nitrogens with one attached hydrogen (secondary N) is 6. The SMILES string of the molecule is CC(=O)N[C@H]1[C@H]([C@H](O)[C@H](O)CO)O[C@@](SCCCCCSCCCCCC(=O)NCCC[Si](CCCNC(=O)CCCCCSCCCCCS[C@]2(C(=O)O)C[C@H](O)[C@@H](NC(C)=O)[C@H]([C@H](O)[C@H](O)CO)O2)(CCCNC(=O)CCCCCSCCCCCS[C@]2(C(=O)O)C[C@H](O)[C@@H](NC(C)=O)[C@H]([C@H](O)[C@H](O)CO)O2)c2ccccc2)(C(=O)O)C[C@@H]1O. The number of carboxylic acids is 3. The molecule has 3 saturated heterocycles. The number of benzene rings is 1. The Morgan fingerprint density at radius 3 is 0.868 bits per heavy atom. The summed E-state index contributed by atoms with van der Waals surface area (Å²) in [4.78, 5) is 107. The van der Waals surface area contributed by atoms with Crippen molar-refractivity contribution in [3.8, 4) is 0 Å². The Morgan fingerprint density at radius 2 is 0.628 bits per heavy atom. The van der Waals surface area contributed by atoms with Crippen molar-refractivity contribution in [2.75, 3.05) is 91.2 Å². The lowest BCUT2D eigenvalue weighted by atomic mass is 9.90. The summed E-state index contributed by atoms with van der Waals surface area (Å²) in [5.74, 6) is 0.730. The van der Waals surface area contributed by atoms with E-state index in [-0.39, 0.29) is 37.0 Å². The number of aliphatic carboxylic acids is 3. The Morgan fingerprint density at radius 1 is 0.380 bits per heavy atom. The van der Waals surface area contributed by atoms with E-state index in [9.17, 15) is 120 Å². The van der Waals surface area contributed by atoms with Crippen LogP contribution in [0.5, 0.6) is 0 Å². The molecule has 696 valence electrons. The van der Waals surface area contributed by atoms with Crippen LogP contribution in [0.4, 0.5) is 0 Å². The lowest BCUT2D eigenvalue weighted by Gasteiger charge is -2.46. The molecule has 0 spiro atoms. The van der Waals surface area contributed by atoms with Gasteiger partial charge in [-0.25, -0.2) is 14.4 Å². The molecule has 0 radical (unpaired) electrons. The Hall–Kier alpha value is -3.83. The van der Waals surface area contributed by atoms with Crippen molar-refractivity contribution in [3.05, 3.63) is 30.3 Å². The number of unbranched alkanes of at least 4 members (excludes halogenated alkanes) is 12. The molecule has 21 N–H and O–H groups in total. The van der Waals surface area contributed by atoms with Crippen LogP contribution >= 0.6 is 70.6 Å². The van der Waals surface area contributed by atoms with Crippen LogP contribution in [0.1, 0.15) is 194 Å². The van der Waals surface area contributed by atoms with Gasteiger partial charge in [-0.15, -0.1) is 35.3 Å². The first-order valence-corrected chi connectivity index (χ1v) is 51.8. The number of thioether (sulfide) groups is 6. The van der Waals surface area contributed by atoms with E-state index >= 15 is 0 Å². The predicted octanol–water partition coefficient (Wildman–Crippen LogP) is 2.90. The average Bonchev–Trinajstić information content (AvgIpc) is 0.779. The van der Waals surface area contributed by atoms with E-state index in [0.717, 1.165) is 204 Å². The van der Waals surface area contributed by atoms with E-state index in [1.165, 1.54) is 26.0 Å². The quantitative estimate of drug-likeness (QED) is 0.0329. The summed E-state index contributed by atoms with van der Waals surface area (Å²) >= 11 is 8.35. The first-order valence-electron chi connectivity index (χ1n) is 42.8. The van der Waals surface area contributed by atoms with Crippen LogP contribution in [0.15, 0.2) is 30.3 Å². The zero-order valence-electron chi connectivity index (χ0n) is 70.4. The molecule has 33 nitrogen and oxygen atoms in total. The molecule has 0 aromatic heterocycles. The number of amides is 6. The average molecular weight is 1850 g/mol. The summed E-state index contributed by atoms with van der Waals surface area (Å²) in [5, 5.41) is 173. The highest BCUT2D eigenvalue weighted by molar-refractivity contribution is 8.01. The zero-order valence-corrected chi connectivity index (χ0v) is 76.3. The van der Waals surface area contributed by atoms with Crippen molar-refractivity contribution in [2.45, 2.75) is 318 Å². The van der Waals surface area contributed by atoms with Gasteiger partial charge in [-0.1, -0.05) is 92.2 Å². The van der Waals surface area contributed by atoms with Crippen molar-refractivity contribution >= 4 is 137 Å². The largest absolute Gasteiger partial charge is 0.478 e. The number of hydrogen-bond acceptors (Lipinski definition) is 30. The molecule has 0 unspecified atom stereocenters. The van der Waals surface area contributed by atoms with E-state index in [4.69, 9.17) is 14.2 Å². The fraction of sp³-hybridized carbons (Fsp3) is 0.815. The highest BCUT2D eigenvalue weighted by Crippen LogP contribution is 2.44. The Bertz CT molecular complexity index is 2900. The summed E-state index contributed by atoms with van der Waals surface area (Å²) in [6, 6.07) is 9.53. The van der Waals surface area contributed by atoms with Crippen LogP contribution in [0.25, 0.3) is 0 Å². The molecule has 6 amide bonds. The fourth-order valence-electron chi connectivity index (χ4n) is 15.1. The molecule has 0 aliphatic carbocycles. The van der Waals surface area contributed by atoms with Crippen LogP contribution < -0.4 is 37.1 Å². The molecule has 40 heteroatoms. The van der Waals surface area contributed by atoms with Gasteiger partial charge in [0.05, 0.1) is 64.3 Å². The second-order valence-corrected chi connectivity index (χ2v) is 44.0. The second kappa shape index (κ2) is 60.1. The number of rotatable bonds is 67. The van der Waals surface area contributed by atoms with Crippen LogP contribution in [-0.2, 0) is 57.4 Å². The summed E-state index contributed by atoms with van der Waals surface area (Å²) in [6.45, 7) is 2.56. The van der Waals surface area contributed by atoms with Gasteiger partial charge in [0.15, 0.2) is 0 Å². The van der Waals surface area contributed by atoms with E-state index in [1.54, 1.807) is 0 Å². The number of hydrogen-bond donors (Lipinski definition) is 21. The summed E-state index contributed by atoms with van der Waals surface area (Å²) in [7, 11) is -2.32. The zero-order chi connectivity index (χ0) is 89.4. The summed E-state index contributed by atoms with van der Waals surface area (Å²) < 4.78 is 17.6. The maximum atomic E-state index is 13.2. The van der Waals surface area contributed by atoms with Crippen LogP contribution in [0, 0.1) is 0 Å². The molecule has 0 bridgehead atoms. The summed E-state index contributed by atoms with van der Waals surface area (Å²) in [6.07, 6.45) is -2.21. The first-order chi connectivity index (χ1) is 57.8. The standard InChI is InChI=1S/C81H140N6O27S6Si/c1-54(91)85-67-58(94)48-79(76(106)107,112-73(67)70(103)61(97)51-88)118-42-22-8-19-39-115-36-16-5-13-30-64(100)82-33-25-45-121(57-28-11-4-12-29-57,46-26-34-83-65(101)31-14-6-17-37-116-40-20-9-23-43-119-80(77(108)109)49-59(95)68(86-55(2)92)74(113-80)71(104)62(98)52-89)47-27-35-84-66(102)32-15-7-18-38-117-41-21-10-24-44-120-81(78(110)111)50-60(96)69(87-56(3)93)75(114-81)72(105)63(99)53-90/h4,11-12,28-29,58-63,67-75,88-90,94-99,103-105H,5-10,13-27,30-53H2,1-3H3,(H,82,100)(H,83,101)(H,84,102)(H,85,91)(H,86,92)(H,87,93)(H,106,107)(H,108,109)(H,110,111)/t58-,59-,60-,61+,62+,63+,67+,68+,69+,70+,71+,72+,73+,74+,75+,79-,80-,81-/m0/s1. The third kappa shape index (κ3) is 39.3. The first kappa shape index (κ1) is 109. The number of carbonyl (C=O) groups excluding carboxylic acids is 6. The van der Waals surface area contributed by atoms with Crippen LogP contribution in [0.2, 0.25) is 18.1 Å². The van der Waals surface area contributed by atoms with Crippen LogP contribution in [0.3, 0.4) is 0 Å². The van der Waals surface area contributed by atoms with Crippen LogP contribution in [-0.4, -0.2) is 335 Å². The smallest absolute Gasteiger partial charge is 0.346 e. The number of ether oxygens (including phenoxy) is 3. The van der Waals surface area contributed by atoms with Crippen molar-refractivity contribution in [1.29, 1.82) is 0 Å². The Balaban J connectivity index is 1.19. The normalized spacial score (nSPS) is 24.6. The van der Waals surface area contributed by atoms with E-state index < -0.39 is 170 Å². The van der Waals surface area contributed by atoms with Gasteiger partial charge in [0, 0.05) is 78.9 Å². The molecular weight excluding hydrogens is 1710 g/mol. The molecule has 3 fully saturated rings. The van der Waals surface area contributed by atoms with Crippen molar-refractivity contribution in [3.63, 3.8) is 0 Å². The second-order valence-electron chi connectivity index (χ2n) is 31.6. The topological polar surface area (TPSA) is 557 Å². The molecule has 3 aliphatic rings. The predicted molar refractivity (Wildman–Crippen MR) is 473 cm³/mol. The third-order valence-corrected chi connectivity index (χ3v) is 34.9. The number of carbonyl (C=O) groups is 9. The van der Waals surface area contributed by atoms with Crippen molar-refractivity contribution < 1.29 is 134 Å². The van der Waals surface area contributed by atoms with Gasteiger partial charge in [-0.3, -0.25) is 28.8 Å². The number of carboxylic acid groups (broad SMARTS) is 3. The number of aliphatic hydroxyl groups is 12. The van der Waals surface area contributed by atoms with Gasteiger partial charge < -0.3 is 123 Å². The van der Waals surface area contributed by atoms with Crippen molar-refractivity contribution in [2.24, 2.45) is 0 Å². The molecule has 1 aromatic carbocycles. The molecular formula is C81H140N6O27S6Si. The Labute approximate surface area is 738 Å². The molecule has 3 aliphatic heterocycles. The molecule has 4 rings (SSSR count). The molecule has 18 atom stereocenters. The van der Waals surface area contributed by atoms with E-state index in [1.807, 2.05) is 41.4 Å². The van der Waals surface area contributed by atoms with Gasteiger partial charge in [0.1, 0.15) is 54.9 Å². The lowest BCUT2D eigenvalue weighted by Crippen LogP contribution is -2.66. The highest BCUT2D eigenvalue weighted by Gasteiger charge is 2.58. The van der Waals surface area contributed by atoms with Gasteiger partial charge in [-0.05, 0) is 148 Å². The van der Waals surface area contributed by atoms with Gasteiger partial charge in [0.2, 0.25) is 50.2 Å². The minimum atomic E-state index is -2.32. The third-order valence-electron chi connectivity index (χ3n) is 21.8. The number of aliphatic hydroxyl groups excluding tert-OH is 12. The maximum Gasteiger partial charge on any atom is 0.346 e. The fourth-order valence-corrected chi connectivity index (χ4v) is 27.1. The van der Waals surface area contributed by atoms with Gasteiger partial charge in [-0.2, -0.15) is 35.3 Å². The van der Waals surface area contributed by atoms with Gasteiger partial charge in [0.25, 0.3) is 0 Å². The molecule has 3 heterocycles. The molecule has 1 aromatic rings. The molecule has 0 saturated carbocycles. The monoisotopic (exact) mass is 1850 g/mol. The molecule has 121 heavy (non-hydrogen) atoms. The Kier molecular flexibility index (Phi) is 54.4. The lowest BCUT2D eigenvalue weighted by molar-refractivity contribution is -0.205. The summed E-state index contributed by atoms with van der Waals surface area (Å²) in [5.41, 5.74) is 0. The minimum Gasteiger partial charge on any atom is -0.478 e. The van der Waals surface area contributed by atoms with E-state index in [0.29, 0.717) is 75.4 Å². The van der Waals surface area contributed by atoms with E-state index in [2.05, 4.69) is 56.2 Å². The highest BCUT2D eigenvalue weighted by atomic mass is 32.2. The van der Waals surface area contributed by atoms with Gasteiger partial charge >= 0.3 is 17.9 Å². The minimum absolute atomic E-state index is 0.00101. The maximum absolute atomic E-state index is 13.2. The van der Waals surface area contributed by atoms with Crippen molar-refractivity contribution in [1.82, 2.24) is 31.9 Å².